The third-order valence-corrected chi connectivity index (χ3v) is 5.88. The lowest BCUT2D eigenvalue weighted by Crippen LogP contribution is -1.95. The van der Waals surface area contributed by atoms with Crippen LogP contribution in [0.25, 0.3) is 10.8 Å². The Labute approximate surface area is 152 Å². The van der Waals surface area contributed by atoms with Crippen molar-refractivity contribution in [3.05, 3.63) is 42.5 Å². The average Bonchev–Trinajstić information content (AvgIpc) is 2.63. The second-order valence-corrected chi connectivity index (χ2v) is 8.29. The highest BCUT2D eigenvalue weighted by atomic mass is 32.3. The summed E-state index contributed by atoms with van der Waals surface area (Å²) in [7, 11) is -3.78. The van der Waals surface area contributed by atoms with Crippen molar-refractivity contribution in [1.29, 1.82) is 0 Å². The summed E-state index contributed by atoms with van der Waals surface area (Å²) in [6, 6.07) is 12.7. The van der Waals surface area contributed by atoms with Gasteiger partial charge in [-0.3, -0.25) is 0 Å². The van der Waals surface area contributed by atoms with Crippen molar-refractivity contribution in [2.24, 2.45) is 4.36 Å². The topological polar surface area (TPSA) is 29.4 Å². The highest BCUT2D eigenvalue weighted by Gasteiger charge is 2.10. The van der Waals surface area contributed by atoms with Gasteiger partial charge in [-0.25, -0.2) is 8.57 Å². The summed E-state index contributed by atoms with van der Waals surface area (Å²) < 4.78 is 30.5. The highest BCUT2D eigenvalue weighted by molar-refractivity contribution is 7.88. The SMILES string of the molecule is CCCCCCCCCCCN=[S@](=O)(F)c1ccc2ccccc2c1. The molecule has 0 saturated carbocycles. The van der Waals surface area contributed by atoms with Gasteiger partial charge in [-0.2, -0.15) is 0 Å². The van der Waals surface area contributed by atoms with E-state index in [0.29, 0.717) is 6.54 Å². The van der Waals surface area contributed by atoms with E-state index in [2.05, 4.69) is 11.3 Å². The first-order valence-electron chi connectivity index (χ1n) is 9.55. The lowest BCUT2D eigenvalue weighted by molar-refractivity contribution is 0.566. The number of hydrogen-bond donors (Lipinski definition) is 0. The molecule has 138 valence electrons. The number of nitrogens with zero attached hydrogens (tertiary/aromatic N) is 1. The second kappa shape index (κ2) is 10.5. The van der Waals surface area contributed by atoms with Crippen LogP contribution in [0.3, 0.4) is 0 Å². The molecule has 0 aliphatic heterocycles. The van der Waals surface area contributed by atoms with Gasteiger partial charge in [-0.15, -0.1) is 3.89 Å². The highest BCUT2D eigenvalue weighted by Crippen LogP contribution is 2.22. The molecule has 0 heterocycles. The maximum absolute atomic E-state index is 14.5. The monoisotopic (exact) mass is 363 g/mol. The maximum atomic E-state index is 14.5. The molecule has 0 saturated heterocycles. The first-order chi connectivity index (χ1) is 12.1. The molecule has 0 unspecified atom stereocenters. The molecule has 0 N–H and O–H groups in total. The summed E-state index contributed by atoms with van der Waals surface area (Å²) in [6.07, 6.45) is 10.8. The number of fused-ring (bicyclic) bond motifs is 1. The summed E-state index contributed by atoms with van der Waals surface area (Å²) in [5.41, 5.74) is 0. The Morgan fingerprint density at radius 3 is 2.12 bits per heavy atom. The average molecular weight is 364 g/mol. The lowest BCUT2D eigenvalue weighted by Gasteiger charge is -2.04. The normalized spacial score (nSPS) is 13.7. The molecule has 2 nitrogen and oxygen atoms in total. The molecule has 0 spiro atoms. The molecule has 1 atom stereocenters. The summed E-state index contributed by atoms with van der Waals surface area (Å²) in [5, 5.41) is 1.91. The maximum Gasteiger partial charge on any atom is 0.230 e. The predicted molar refractivity (Wildman–Crippen MR) is 106 cm³/mol. The summed E-state index contributed by atoms with van der Waals surface area (Å²) in [6.45, 7) is 2.56. The quantitative estimate of drug-likeness (QED) is 0.310. The molecule has 0 radical (unpaired) electrons. The van der Waals surface area contributed by atoms with E-state index in [1.54, 1.807) is 18.2 Å². The van der Waals surface area contributed by atoms with Crippen LogP contribution >= 0.6 is 0 Å². The van der Waals surface area contributed by atoms with E-state index in [9.17, 15) is 8.09 Å². The van der Waals surface area contributed by atoms with E-state index in [-0.39, 0.29) is 4.90 Å². The van der Waals surface area contributed by atoms with Crippen molar-refractivity contribution >= 4 is 20.9 Å². The van der Waals surface area contributed by atoms with Crippen LogP contribution in [0.1, 0.15) is 64.7 Å². The van der Waals surface area contributed by atoms with E-state index >= 15 is 0 Å². The van der Waals surface area contributed by atoms with Gasteiger partial charge >= 0.3 is 0 Å². The van der Waals surface area contributed by atoms with Gasteiger partial charge in [0.05, 0.1) is 11.4 Å². The number of hydrogen-bond acceptors (Lipinski definition) is 2. The zero-order valence-electron chi connectivity index (χ0n) is 15.3. The third-order valence-electron chi connectivity index (χ3n) is 4.53. The molecule has 4 heteroatoms. The van der Waals surface area contributed by atoms with Crippen LogP contribution in [0.5, 0.6) is 0 Å². The van der Waals surface area contributed by atoms with Crippen molar-refractivity contribution in [3.63, 3.8) is 0 Å². The molecule has 0 amide bonds. The Morgan fingerprint density at radius 2 is 1.44 bits per heavy atom. The van der Waals surface area contributed by atoms with E-state index < -0.39 is 10.1 Å². The molecule has 0 fully saturated rings. The lowest BCUT2D eigenvalue weighted by atomic mass is 10.1. The fourth-order valence-electron chi connectivity index (χ4n) is 3.00. The van der Waals surface area contributed by atoms with Crippen LogP contribution in [-0.2, 0) is 10.1 Å². The van der Waals surface area contributed by atoms with Crippen LogP contribution in [0.4, 0.5) is 3.89 Å². The minimum Gasteiger partial charge on any atom is -0.211 e. The summed E-state index contributed by atoms with van der Waals surface area (Å²) in [4.78, 5) is 0.183. The molecule has 2 rings (SSSR count). The summed E-state index contributed by atoms with van der Waals surface area (Å²) >= 11 is 0. The third kappa shape index (κ3) is 6.77. The first kappa shape index (κ1) is 19.9. The van der Waals surface area contributed by atoms with Crippen LogP contribution in [0.15, 0.2) is 51.7 Å². The van der Waals surface area contributed by atoms with E-state index in [1.165, 1.54) is 38.5 Å². The Morgan fingerprint density at radius 1 is 0.840 bits per heavy atom. The molecular formula is C21H30FNOS. The van der Waals surface area contributed by atoms with Gasteiger partial charge < -0.3 is 0 Å². The molecule has 0 aliphatic rings. The van der Waals surface area contributed by atoms with Gasteiger partial charge in [0, 0.05) is 0 Å². The first-order valence-corrected chi connectivity index (χ1v) is 11.0. The number of unbranched alkanes of at least 4 members (excludes halogenated alkanes) is 8. The number of rotatable bonds is 11. The molecule has 2 aromatic rings. The molecular weight excluding hydrogens is 333 g/mol. The fraction of sp³-hybridized carbons (Fsp3) is 0.524. The van der Waals surface area contributed by atoms with Crippen LogP contribution in [0.2, 0.25) is 0 Å². The Hall–Kier alpha value is -1.42. The van der Waals surface area contributed by atoms with Crippen LogP contribution in [0, 0.1) is 0 Å². The minimum atomic E-state index is -3.78. The molecule has 2 aromatic carbocycles. The summed E-state index contributed by atoms with van der Waals surface area (Å²) in [5.74, 6) is 0. The zero-order valence-corrected chi connectivity index (χ0v) is 16.1. The molecule has 0 aliphatic carbocycles. The zero-order chi connectivity index (χ0) is 18.0. The van der Waals surface area contributed by atoms with E-state index in [4.69, 9.17) is 0 Å². The van der Waals surface area contributed by atoms with Gasteiger partial charge in [-0.05, 0) is 29.3 Å². The van der Waals surface area contributed by atoms with E-state index in [1.807, 2.05) is 24.3 Å². The minimum absolute atomic E-state index is 0.183. The predicted octanol–water partition coefficient (Wildman–Crippen LogP) is 7.08. The fourth-order valence-corrected chi connectivity index (χ4v) is 4.02. The van der Waals surface area contributed by atoms with Crippen LogP contribution in [-0.4, -0.2) is 10.8 Å². The van der Waals surface area contributed by atoms with Crippen LogP contribution < -0.4 is 0 Å². The Kier molecular flexibility index (Phi) is 8.39. The number of benzene rings is 2. The van der Waals surface area contributed by atoms with E-state index in [0.717, 1.165) is 30.0 Å². The largest absolute Gasteiger partial charge is 0.230 e. The molecule has 25 heavy (non-hydrogen) atoms. The van der Waals surface area contributed by atoms with Gasteiger partial charge in [0.15, 0.2) is 0 Å². The van der Waals surface area contributed by atoms with Gasteiger partial charge in [0.1, 0.15) is 0 Å². The van der Waals surface area contributed by atoms with Crippen molar-refractivity contribution in [2.75, 3.05) is 6.54 Å². The second-order valence-electron chi connectivity index (χ2n) is 6.65. The standard InChI is InChI=1S/C21H30FNOS/c1-2-3-4-5-6-7-8-9-12-17-23-25(22,24)21-16-15-19-13-10-11-14-20(19)18-21/h10-11,13-16,18H,2-9,12,17H2,1H3/t25-/m1/s1. The van der Waals surface area contributed by atoms with Crippen molar-refractivity contribution in [1.82, 2.24) is 0 Å². The smallest absolute Gasteiger partial charge is 0.211 e. The van der Waals surface area contributed by atoms with Crippen molar-refractivity contribution in [3.8, 4) is 0 Å². The molecule has 0 aromatic heterocycles. The van der Waals surface area contributed by atoms with Gasteiger partial charge in [-0.1, -0.05) is 88.6 Å². The van der Waals surface area contributed by atoms with Gasteiger partial charge in [0.2, 0.25) is 10.1 Å². The number of halogens is 1. The van der Waals surface area contributed by atoms with Crippen molar-refractivity contribution < 1.29 is 8.09 Å². The Bertz CT molecular complexity index is 765. The Balaban J connectivity index is 1.76. The van der Waals surface area contributed by atoms with Gasteiger partial charge in [0.25, 0.3) is 0 Å². The van der Waals surface area contributed by atoms with Crippen molar-refractivity contribution in [2.45, 2.75) is 69.6 Å². The molecule has 0 bridgehead atoms.